The van der Waals surface area contributed by atoms with Crippen molar-refractivity contribution < 1.29 is 34.2 Å². The first-order valence-electron chi connectivity index (χ1n) is 1.61. The Labute approximate surface area is 54.0 Å². The quantitative estimate of drug-likeness (QED) is 0.708. The van der Waals surface area contributed by atoms with Crippen molar-refractivity contribution in [3.8, 4) is 0 Å². The molecule has 0 radical (unpaired) electrons. The summed E-state index contributed by atoms with van der Waals surface area (Å²) in [6.07, 6.45) is 0.222. The van der Waals surface area contributed by atoms with Crippen molar-refractivity contribution in [3.05, 3.63) is 0 Å². The van der Waals surface area contributed by atoms with E-state index in [0.29, 0.717) is 0 Å². The van der Waals surface area contributed by atoms with Gasteiger partial charge in [0.25, 0.3) is 0 Å². The Hall–Kier alpha value is 0.0103. The van der Waals surface area contributed by atoms with Gasteiger partial charge in [-0.3, -0.25) is 4.79 Å². The molecule has 0 heterocycles. The Morgan fingerprint density at radius 3 is 1.86 bits per heavy atom. The number of hydrogen-bond acceptors (Lipinski definition) is 2. The van der Waals surface area contributed by atoms with E-state index in [4.69, 9.17) is 8.36 Å². The summed E-state index contributed by atoms with van der Waals surface area (Å²) < 4.78 is 8.19. The van der Waals surface area contributed by atoms with Crippen LogP contribution in [0.25, 0.3) is 0 Å². The molecule has 0 aliphatic heterocycles. The van der Waals surface area contributed by atoms with Gasteiger partial charge in [-0.15, -0.1) is 0 Å². The van der Waals surface area contributed by atoms with Gasteiger partial charge in [0.1, 0.15) is 0 Å². The predicted octanol–water partition coefficient (Wildman–Crippen LogP) is 0.360. The second-order valence-corrected chi connectivity index (χ2v) is 0.747. The second-order valence-electron chi connectivity index (χ2n) is 0.747. The van der Waals surface area contributed by atoms with Crippen molar-refractivity contribution in [2.75, 3.05) is 0 Å². The zero-order valence-electron chi connectivity index (χ0n) is 3.77. The fourth-order valence-corrected chi connectivity index (χ4v) is 0. The molecule has 7 heavy (non-hydrogen) atoms. The van der Waals surface area contributed by atoms with Crippen LogP contribution >= 0.6 is 0 Å². The zero-order valence-corrected chi connectivity index (χ0v) is 5.94. The van der Waals surface area contributed by atoms with Crippen molar-refractivity contribution in [3.63, 3.8) is 0 Å². The van der Waals surface area contributed by atoms with Gasteiger partial charge in [0.05, 0.1) is 0 Å². The van der Waals surface area contributed by atoms with Crippen molar-refractivity contribution >= 4 is 5.97 Å². The molecule has 0 rings (SSSR count). The summed E-state index contributed by atoms with van der Waals surface area (Å²) in [5, 5.41) is 7.72. The molecule has 1 N–H and O–H groups in total. The molecule has 0 bridgehead atoms. The van der Waals surface area contributed by atoms with E-state index in [1.165, 1.54) is 0 Å². The van der Waals surface area contributed by atoms with Gasteiger partial charge in [-0.05, 0) is 0 Å². The average molecular weight is 287 g/mol. The summed E-state index contributed by atoms with van der Waals surface area (Å²) in [5.74, 6) is -0.745. The molecule has 0 aromatic rings. The monoisotopic (exact) mass is 287 g/mol. The van der Waals surface area contributed by atoms with Crippen LogP contribution in [0.4, 0.5) is 0 Å². The predicted molar refractivity (Wildman–Crippen MR) is 18.6 cm³/mol. The molecule has 0 aromatic carbocycles. The van der Waals surface area contributed by atoms with E-state index in [1.54, 1.807) is 6.92 Å². The van der Waals surface area contributed by atoms with Crippen molar-refractivity contribution in [1.82, 2.24) is 0 Å². The van der Waals surface area contributed by atoms with Crippen LogP contribution < -0.4 is 0 Å². The van der Waals surface area contributed by atoms with E-state index >= 15 is 0 Å². The topological polar surface area (TPSA) is 54.4 Å². The second kappa shape index (κ2) is 9.38. The van der Waals surface area contributed by atoms with Gasteiger partial charge in [0, 0.05) is 6.42 Å². The molecule has 0 aliphatic carbocycles. The summed E-state index contributed by atoms with van der Waals surface area (Å²) >= 11 is 1.03. The molecule has 0 spiro atoms. The number of carbonyl (C=O) groups is 1. The summed E-state index contributed by atoms with van der Waals surface area (Å²) in [4.78, 5) is 9.37. The van der Waals surface area contributed by atoms with Gasteiger partial charge in [-0.25, -0.2) is 0 Å². The average Bonchev–Trinajstić information content (AvgIpc) is 1.73. The molecule has 4 heteroatoms. The molecule has 47 valence electrons. The fourth-order valence-electron chi connectivity index (χ4n) is 0. The molecule has 0 saturated carbocycles. The summed E-state index contributed by atoms with van der Waals surface area (Å²) in [5.41, 5.74) is 0. The van der Waals surface area contributed by atoms with Crippen molar-refractivity contribution in [1.29, 1.82) is 0 Å². The Morgan fingerprint density at radius 2 is 1.86 bits per heavy atom. The Morgan fingerprint density at radius 1 is 1.71 bits per heavy atom. The molecule has 3 nitrogen and oxygen atoms in total. The zero-order chi connectivity index (χ0) is 6.28. The van der Waals surface area contributed by atoms with E-state index in [9.17, 15) is 4.79 Å². The normalized spacial score (nSPS) is 6.14. The number of rotatable bonds is 1. The number of hydrogen-bond donors (Lipinski definition) is 1. The van der Waals surface area contributed by atoms with Gasteiger partial charge >= 0.3 is 30.3 Å². The number of carboxylic acid groups (broad SMARTS) is 1. The van der Waals surface area contributed by atoms with E-state index < -0.39 is 5.97 Å². The number of carboxylic acids is 1. The van der Waals surface area contributed by atoms with Crippen molar-refractivity contribution in [2.24, 2.45) is 0 Å². The molecular formula is C3H6AuO3. The molecule has 0 fully saturated rings. The van der Waals surface area contributed by atoms with Crippen LogP contribution in [-0.4, -0.2) is 11.1 Å². The third kappa shape index (κ3) is 23.9. The van der Waals surface area contributed by atoms with Crippen LogP contribution in [0.2, 0.25) is 0 Å². The molecule has 0 atom stereocenters. The SMILES string of the molecule is CCC(=O)O.[O]=[Au]. The summed E-state index contributed by atoms with van der Waals surface area (Å²) in [6.45, 7) is 1.60. The minimum atomic E-state index is -0.745. The summed E-state index contributed by atoms with van der Waals surface area (Å²) in [6, 6.07) is 0. The van der Waals surface area contributed by atoms with Crippen LogP contribution in [-0.2, 0) is 29.1 Å². The molecule has 0 saturated heterocycles. The summed E-state index contributed by atoms with van der Waals surface area (Å²) in [7, 11) is 0. The van der Waals surface area contributed by atoms with Crippen LogP contribution in [0, 0.1) is 0 Å². The van der Waals surface area contributed by atoms with Crippen LogP contribution in [0.3, 0.4) is 0 Å². The van der Waals surface area contributed by atoms with Gasteiger partial charge in [0.15, 0.2) is 0 Å². The molecule has 0 unspecified atom stereocenters. The molecule has 0 amide bonds. The Bertz CT molecular complexity index is 54.1. The van der Waals surface area contributed by atoms with E-state index in [1.807, 2.05) is 0 Å². The standard InChI is InChI=1S/C3H6O2.Au.O/c1-2-3(4)5;;/h2H2,1H3,(H,4,5);;. The third-order valence-corrected chi connectivity index (χ3v) is 0.302. The third-order valence-electron chi connectivity index (χ3n) is 0.302. The van der Waals surface area contributed by atoms with Gasteiger partial charge in [-0.1, -0.05) is 6.92 Å². The van der Waals surface area contributed by atoms with Gasteiger partial charge < -0.3 is 5.11 Å². The van der Waals surface area contributed by atoms with Crippen molar-refractivity contribution in [2.45, 2.75) is 13.3 Å². The first-order valence-corrected chi connectivity index (χ1v) is 2.50. The van der Waals surface area contributed by atoms with Crippen LogP contribution in [0.1, 0.15) is 13.3 Å². The number of aliphatic carboxylic acids is 1. The van der Waals surface area contributed by atoms with E-state index in [-0.39, 0.29) is 6.42 Å². The molecule has 0 aromatic heterocycles. The van der Waals surface area contributed by atoms with Crippen LogP contribution in [0.5, 0.6) is 0 Å². The van der Waals surface area contributed by atoms with E-state index in [0.717, 1.165) is 21.0 Å². The Kier molecular flexibility index (Phi) is 13.5. The van der Waals surface area contributed by atoms with E-state index in [2.05, 4.69) is 0 Å². The first-order chi connectivity index (χ1) is 3.27. The van der Waals surface area contributed by atoms with Crippen LogP contribution in [0.15, 0.2) is 0 Å². The maximum absolute atomic E-state index is 9.37. The Balaban J connectivity index is 0. The molecule has 0 aliphatic rings. The first kappa shape index (κ1) is 10.1. The fraction of sp³-hybridized carbons (Fsp3) is 0.667. The minimum absolute atomic E-state index is 0.222. The maximum atomic E-state index is 9.37. The molecular weight excluding hydrogens is 281 g/mol. The van der Waals surface area contributed by atoms with Gasteiger partial charge in [0.2, 0.25) is 0 Å². The van der Waals surface area contributed by atoms with Gasteiger partial charge in [-0.2, -0.15) is 0 Å².